The first-order valence-corrected chi connectivity index (χ1v) is 15.8. The van der Waals surface area contributed by atoms with Crippen LogP contribution in [0.4, 0.5) is 15.3 Å². The van der Waals surface area contributed by atoms with Gasteiger partial charge in [0, 0.05) is 18.2 Å². The Morgan fingerprint density at radius 1 is 0.833 bits per heavy atom. The van der Waals surface area contributed by atoms with Crippen LogP contribution < -0.4 is 32.3 Å². The predicted molar refractivity (Wildman–Crippen MR) is 180 cm³/mol. The molecule has 1 aliphatic rings. The SMILES string of the molecule is CC(C)C(NC(=O)CNC(=O)OCC1c2ccccc2-c2ccccc21)C(=O)NC(CCCNC(N)=O)C(=O)Nc1ccc(CO)cc1. The van der Waals surface area contributed by atoms with E-state index in [1.165, 1.54) is 0 Å². The summed E-state index contributed by atoms with van der Waals surface area (Å²) in [6.07, 6.45) is -0.284. The third-order valence-electron chi connectivity index (χ3n) is 8.01. The first kappa shape index (κ1) is 35.4. The van der Waals surface area contributed by atoms with Crippen molar-refractivity contribution in [2.75, 3.05) is 25.0 Å². The van der Waals surface area contributed by atoms with Gasteiger partial charge in [0.15, 0.2) is 0 Å². The van der Waals surface area contributed by atoms with E-state index in [1.54, 1.807) is 38.1 Å². The first-order chi connectivity index (χ1) is 23.1. The fraction of sp³-hybridized carbons (Fsp3) is 0.343. The highest BCUT2D eigenvalue weighted by Gasteiger charge is 2.30. The van der Waals surface area contributed by atoms with Gasteiger partial charge in [-0.25, -0.2) is 9.59 Å². The lowest BCUT2D eigenvalue weighted by Crippen LogP contribution is -2.55. The summed E-state index contributed by atoms with van der Waals surface area (Å²) < 4.78 is 5.49. The molecule has 2 unspecified atom stereocenters. The molecule has 1 aliphatic carbocycles. The number of nitrogens with two attached hydrogens (primary N) is 1. The van der Waals surface area contributed by atoms with Crippen LogP contribution in [0, 0.1) is 5.92 Å². The third kappa shape index (κ3) is 9.55. The maximum absolute atomic E-state index is 13.4. The number of hydrogen-bond donors (Lipinski definition) is 7. The minimum absolute atomic E-state index is 0.0858. The number of hydrogen-bond acceptors (Lipinski definition) is 7. The summed E-state index contributed by atoms with van der Waals surface area (Å²) in [6.45, 7) is 3.16. The summed E-state index contributed by atoms with van der Waals surface area (Å²) in [5.41, 5.74) is 10.6. The number of carbonyl (C=O) groups excluding carboxylic acids is 5. The first-order valence-electron chi connectivity index (χ1n) is 15.8. The van der Waals surface area contributed by atoms with Crippen molar-refractivity contribution in [3.63, 3.8) is 0 Å². The summed E-state index contributed by atoms with van der Waals surface area (Å²) in [7, 11) is 0. The number of carbonyl (C=O) groups is 5. The van der Waals surface area contributed by atoms with Crippen LogP contribution in [0.5, 0.6) is 0 Å². The van der Waals surface area contributed by atoms with E-state index in [1.807, 2.05) is 48.5 Å². The molecular formula is C35H42N6O7. The number of amides is 6. The molecule has 3 aromatic rings. The van der Waals surface area contributed by atoms with Gasteiger partial charge in [0.05, 0.1) is 6.61 Å². The van der Waals surface area contributed by atoms with Crippen molar-refractivity contribution in [2.24, 2.45) is 11.7 Å². The molecule has 0 aromatic heterocycles. The molecule has 0 bridgehead atoms. The summed E-state index contributed by atoms with van der Waals surface area (Å²) in [6, 6.07) is 19.7. The molecule has 0 spiro atoms. The molecule has 0 fully saturated rings. The van der Waals surface area contributed by atoms with Crippen LogP contribution >= 0.6 is 0 Å². The number of anilines is 1. The third-order valence-corrected chi connectivity index (χ3v) is 8.01. The molecule has 8 N–H and O–H groups in total. The van der Waals surface area contributed by atoms with Crippen molar-refractivity contribution in [3.05, 3.63) is 89.5 Å². The zero-order chi connectivity index (χ0) is 34.6. The number of ether oxygens (including phenoxy) is 1. The molecular weight excluding hydrogens is 616 g/mol. The van der Waals surface area contributed by atoms with Crippen molar-refractivity contribution < 1.29 is 33.8 Å². The number of benzene rings is 3. The minimum Gasteiger partial charge on any atom is -0.449 e. The summed E-state index contributed by atoms with van der Waals surface area (Å²) >= 11 is 0. The van der Waals surface area contributed by atoms with Gasteiger partial charge in [-0.05, 0) is 58.7 Å². The molecule has 6 amide bonds. The average molecular weight is 659 g/mol. The maximum Gasteiger partial charge on any atom is 0.407 e. The summed E-state index contributed by atoms with van der Waals surface area (Å²) in [5.74, 6) is -2.23. The zero-order valence-corrected chi connectivity index (χ0v) is 27.0. The standard InChI is InChI=1S/C35H42N6O7/c1-21(2)31(33(45)40-29(12-7-17-37-34(36)46)32(44)39-23-15-13-22(19-42)14-16-23)41-30(43)18-38-35(47)48-20-28-26-10-5-3-8-24(26)25-9-4-6-11-27(25)28/h3-6,8-11,13-16,21,28-29,31,42H,7,12,17-20H2,1-2H3,(H,38,47)(H,39,44)(H,40,45)(H,41,43)(H3,36,37,46). The van der Waals surface area contributed by atoms with Gasteiger partial charge < -0.3 is 42.2 Å². The van der Waals surface area contributed by atoms with Crippen molar-refractivity contribution in [2.45, 2.75) is 51.3 Å². The molecule has 0 saturated carbocycles. The Morgan fingerprint density at radius 2 is 1.46 bits per heavy atom. The van der Waals surface area contributed by atoms with Gasteiger partial charge in [0.1, 0.15) is 25.2 Å². The molecule has 2 atom stereocenters. The maximum atomic E-state index is 13.4. The number of primary amides is 1. The number of fused-ring (bicyclic) bond motifs is 3. The molecule has 13 heteroatoms. The van der Waals surface area contributed by atoms with Crippen molar-refractivity contribution in [1.29, 1.82) is 0 Å². The van der Waals surface area contributed by atoms with Gasteiger partial charge in [-0.2, -0.15) is 0 Å². The van der Waals surface area contributed by atoms with E-state index in [9.17, 15) is 29.1 Å². The fourth-order valence-electron chi connectivity index (χ4n) is 5.53. The molecule has 4 rings (SSSR count). The Kier molecular flexibility index (Phi) is 12.5. The van der Waals surface area contributed by atoms with Crippen LogP contribution in [0.1, 0.15) is 49.3 Å². The smallest absolute Gasteiger partial charge is 0.407 e. The minimum atomic E-state index is -1.02. The second-order valence-electron chi connectivity index (χ2n) is 11.8. The highest BCUT2D eigenvalue weighted by molar-refractivity contribution is 5.98. The Balaban J connectivity index is 1.31. The van der Waals surface area contributed by atoms with E-state index in [2.05, 4.69) is 26.6 Å². The van der Waals surface area contributed by atoms with Crippen LogP contribution in [0.3, 0.4) is 0 Å². The molecule has 0 saturated heterocycles. The number of alkyl carbamates (subject to hydrolysis) is 1. The molecule has 0 radical (unpaired) electrons. The second kappa shape index (κ2) is 16.9. The molecule has 0 heterocycles. The Morgan fingerprint density at radius 3 is 2.04 bits per heavy atom. The monoisotopic (exact) mass is 658 g/mol. The largest absolute Gasteiger partial charge is 0.449 e. The van der Waals surface area contributed by atoms with Gasteiger partial charge in [-0.15, -0.1) is 0 Å². The molecule has 254 valence electrons. The van der Waals surface area contributed by atoms with Gasteiger partial charge >= 0.3 is 12.1 Å². The van der Waals surface area contributed by atoms with Gasteiger partial charge in [-0.1, -0.05) is 74.5 Å². The van der Waals surface area contributed by atoms with E-state index in [0.717, 1.165) is 22.3 Å². The number of nitrogens with one attached hydrogen (secondary N) is 5. The van der Waals surface area contributed by atoms with E-state index in [-0.39, 0.29) is 38.0 Å². The quantitative estimate of drug-likeness (QED) is 0.122. The molecule has 48 heavy (non-hydrogen) atoms. The number of urea groups is 1. The number of aliphatic hydroxyl groups excluding tert-OH is 1. The lowest BCUT2D eigenvalue weighted by Gasteiger charge is -2.25. The van der Waals surface area contributed by atoms with Crippen LogP contribution in [0.15, 0.2) is 72.8 Å². The fourth-order valence-corrected chi connectivity index (χ4v) is 5.53. The Bertz CT molecular complexity index is 1570. The van der Waals surface area contributed by atoms with Crippen molar-refractivity contribution in [1.82, 2.24) is 21.3 Å². The highest BCUT2D eigenvalue weighted by Crippen LogP contribution is 2.44. The van der Waals surface area contributed by atoms with Gasteiger partial charge in [-0.3, -0.25) is 14.4 Å². The van der Waals surface area contributed by atoms with Crippen LogP contribution in [0.2, 0.25) is 0 Å². The number of aliphatic hydroxyl groups is 1. The Labute approximate surface area is 279 Å². The molecule has 0 aliphatic heterocycles. The van der Waals surface area contributed by atoms with Gasteiger partial charge in [0.25, 0.3) is 0 Å². The normalized spacial score (nSPS) is 13.0. The average Bonchev–Trinajstić information content (AvgIpc) is 3.40. The van der Waals surface area contributed by atoms with Crippen LogP contribution in [0.25, 0.3) is 11.1 Å². The van der Waals surface area contributed by atoms with Crippen LogP contribution in [-0.4, -0.2) is 66.7 Å². The topological polar surface area (TPSA) is 201 Å². The second-order valence-corrected chi connectivity index (χ2v) is 11.8. The predicted octanol–water partition coefficient (Wildman–Crippen LogP) is 2.73. The Hall–Kier alpha value is -5.43. The van der Waals surface area contributed by atoms with E-state index in [4.69, 9.17) is 10.5 Å². The van der Waals surface area contributed by atoms with E-state index < -0.39 is 48.5 Å². The zero-order valence-electron chi connectivity index (χ0n) is 27.0. The van der Waals surface area contributed by atoms with Gasteiger partial charge in [0.2, 0.25) is 17.7 Å². The highest BCUT2D eigenvalue weighted by atomic mass is 16.5. The van der Waals surface area contributed by atoms with E-state index in [0.29, 0.717) is 17.7 Å². The summed E-state index contributed by atoms with van der Waals surface area (Å²) in [4.78, 5) is 63.0. The lowest BCUT2D eigenvalue weighted by molar-refractivity contribution is -0.131. The van der Waals surface area contributed by atoms with E-state index >= 15 is 0 Å². The number of rotatable bonds is 15. The summed E-state index contributed by atoms with van der Waals surface area (Å²) in [5, 5.41) is 22.2. The van der Waals surface area contributed by atoms with Crippen molar-refractivity contribution >= 4 is 35.5 Å². The van der Waals surface area contributed by atoms with Crippen molar-refractivity contribution in [3.8, 4) is 11.1 Å². The molecule has 13 nitrogen and oxygen atoms in total. The van der Waals surface area contributed by atoms with Crippen LogP contribution in [-0.2, 0) is 25.7 Å². The molecule has 3 aromatic carbocycles. The lowest BCUT2D eigenvalue weighted by atomic mass is 9.98.